The van der Waals surface area contributed by atoms with Gasteiger partial charge in [0.2, 0.25) is 0 Å². The van der Waals surface area contributed by atoms with Crippen molar-refractivity contribution in [3.05, 3.63) is 30.3 Å². The SMILES string of the molecule is CC(C)(C)OP(Cl)Oc1ccccc1. The van der Waals surface area contributed by atoms with Crippen LogP contribution >= 0.6 is 19.0 Å². The lowest BCUT2D eigenvalue weighted by Gasteiger charge is -2.22. The molecule has 0 aromatic heterocycles. The lowest BCUT2D eigenvalue weighted by atomic mass is 10.2. The zero-order valence-corrected chi connectivity index (χ0v) is 10.2. The minimum Gasteiger partial charge on any atom is -0.436 e. The van der Waals surface area contributed by atoms with E-state index < -0.39 is 7.73 Å². The molecule has 0 fully saturated rings. The van der Waals surface area contributed by atoms with Crippen molar-refractivity contribution in [2.45, 2.75) is 26.4 Å². The minimum atomic E-state index is -1.37. The lowest BCUT2D eigenvalue weighted by Crippen LogP contribution is -2.15. The van der Waals surface area contributed by atoms with Crippen LogP contribution in [0.4, 0.5) is 0 Å². The van der Waals surface area contributed by atoms with Gasteiger partial charge in [-0.1, -0.05) is 18.2 Å². The Kier molecular flexibility index (Phi) is 4.18. The van der Waals surface area contributed by atoms with Crippen molar-refractivity contribution >= 4 is 19.0 Å². The molecule has 0 heterocycles. The summed E-state index contributed by atoms with van der Waals surface area (Å²) in [7, 11) is -1.37. The van der Waals surface area contributed by atoms with E-state index in [0.29, 0.717) is 0 Å². The maximum atomic E-state index is 5.92. The first kappa shape index (κ1) is 11.8. The smallest absolute Gasteiger partial charge is 0.338 e. The van der Waals surface area contributed by atoms with Crippen molar-refractivity contribution in [3.8, 4) is 5.75 Å². The number of hydrogen-bond donors (Lipinski definition) is 0. The largest absolute Gasteiger partial charge is 0.436 e. The van der Waals surface area contributed by atoms with Crippen LogP contribution in [-0.2, 0) is 4.52 Å². The highest BCUT2D eigenvalue weighted by Crippen LogP contribution is 2.47. The van der Waals surface area contributed by atoms with Crippen molar-refractivity contribution in [3.63, 3.8) is 0 Å². The summed E-state index contributed by atoms with van der Waals surface area (Å²) in [5.41, 5.74) is -0.276. The zero-order valence-electron chi connectivity index (χ0n) is 8.53. The Hall–Kier alpha value is -0.300. The maximum Gasteiger partial charge on any atom is 0.338 e. The fourth-order valence-electron chi connectivity index (χ4n) is 0.798. The van der Waals surface area contributed by atoms with E-state index in [1.54, 1.807) is 0 Å². The van der Waals surface area contributed by atoms with Crippen molar-refractivity contribution in [2.75, 3.05) is 0 Å². The average molecular weight is 233 g/mol. The molecule has 0 aliphatic carbocycles. The summed E-state index contributed by atoms with van der Waals surface area (Å²) < 4.78 is 10.8. The molecule has 14 heavy (non-hydrogen) atoms. The van der Waals surface area contributed by atoms with Crippen molar-refractivity contribution in [1.82, 2.24) is 0 Å². The predicted molar refractivity (Wildman–Crippen MR) is 60.7 cm³/mol. The van der Waals surface area contributed by atoms with E-state index in [1.807, 2.05) is 51.1 Å². The lowest BCUT2D eigenvalue weighted by molar-refractivity contribution is 0.140. The van der Waals surface area contributed by atoms with E-state index in [4.69, 9.17) is 20.3 Å². The van der Waals surface area contributed by atoms with E-state index in [9.17, 15) is 0 Å². The second-order valence-corrected chi connectivity index (χ2v) is 5.44. The number of para-hydroxylation sites is 1. The first-order chi connectivity index (χ1) is 6.47. The average Bonchev–Trinajstić information content (AvgIpc) is 2.02. The molecule has 0 N–H and O–H groups in total. The minimum absolute atomic E-state index is 0.276. The molecule has 0 radical (unpaired) electrons. The van der Waals surface area contributed by atoms with Crippen LogP contribution in [0.15, 0.2) is 30.3 Å². The third kappa shape index (κ3) is 4.80. The van der Waals surface area contributed by atoms with Gasteiger partial charge in [-0.2, -0.15) is 0 Å². The van der Waals surface area contributed by atoms with Crippen LogP contribution in [0.3, 0.4) is 0 Å². The standard InChI is InChI=1S/C10H14ClO2P/c1-10(2,3)13-14(11)12-9-7-5-4-6-8-9/h4-8H,1-3H3. The second kappa shape index (κ2) is 4.97. The van der Waals surface area contributed by atoms with Crippen LogP contribution in [0.1, 0.15) is 20.8 Å². The second-order valence-electron chi connectivity index (χ2n) is 3.82. The summed E-state index contributed by atoms with van der Waals surface area (Å²) in [4.78, 5) is 0. The molecule has 0 bridgehead atoms. The van der Waals surface area contributed by atoms with Crippen LogP contribution in [0.2, 0.25) is 0 Å². The molecule has 0 aliphatic heterocycles. The molecule has 0 aliphatic rings. The van der Waals surface area contributed by atoms with E-state index in [2.05, 4.69) is 0 Å². The van der Waals surface area contributed by atoms with Gasteiger partial charge in [-0.25, -0.2) is 0 Å². The van der Waals surface area contributed by atoms with Gasteiger partial charge in [0.1, 0.15) is 5.75 Å². The Morgan fingerprint density at radius 2 is 1.71 bits per heavy atom. The van der Waals surface area contributed by atoms with Gasteiger partial charge in [0, 0.05) is 0 Å². The molecule has 1 rings (SSSR count). The van der Waals surface area contributed by atoms with Gasteiger partial charge in [-0.3, -0.25) is 0 Å². The zero-order chi connectivity index (χ0) is 10.6. The topological polar surface area (TPSA) is 18.5 Å². The summed E-state index contributed by atoms with van der Waals surface area (Å²) >= 11 is 5.92. The van der Waals surface area contributed by atoms with Crippen LogP contribution in [0.25, 0.3) is 0 Å². The fourth-order valence-corrected chi connectivity index (χ4v) is 2.41. The van der Waals surface area contributed by atoms with Gasteiger partial charge in [-0.05, 0) is 44.1 Å². The third-order valence-electron chi connectivity index (χ3n) is 1.27. The van der Waals surface area contributed by atoms with E-state index in [1.165, 1.54) is 0 Å². The van der Waals surface area contributed by atoms with Crippen LogP contribution in [0.5, 0.6) is 5.75 Å². The molecule has 0 amide bonds. The summed E-state index contributed by atoms with van der Waals surface area (Å²) in [6.07, 6.45) is 0. The maximum absolute atomic E-state index is 5.92. The Bertz CT molecular complexity index is 271. The summed E-state index contributed by atoms with van der Waals surface area (Å²) in [6, 6.07) is 9.42. The normalized spacial score (nSPS) is 13.7. The summed E-state index contributed by atoms with van der Waals surface area (Å²) in [6.45, 7) is 5.83. The first-order valence-corrected chi connectivity index (χ1v) is 6.44. The molecule has 78 valence electrons. The van der Waals surface area contributed by atoms with Crippen LogP contribution in [0, 0.1) is 0 Å². The molecular weight excluding hydrogens is 219 g/mol. The number of hydrogen-bond acceptors (Lipinski definition) is 2. The Morgan fingerprint density at radius 1 is 1.14 bits per heavy atom. The summed E-state index contributed by atoms with van der Waals surface area (Å²) in [5, 5.41) is 0. The number of rotatable bonds is 3. The Labute approximate surface area is 90.9 Å². The van der Waals surface area contributed by atoms with Gasteiger partial charge < -0.3 is 9.05 Å². The van der Waals surface area contributed by atoms with Crippen LogP contribution in [-0.4, -0.2) is 5.60 Å². The van der Waals surface area contributed by atoms with Crippen LogP contribution < -0.4 is 4.52 Å². The van der Waals surface area contributed by atoms with Crippen molar-refractivity contribution in [2.24, 2.45) is 0 Å². The molecule has 1 unspecified atom stereocenters. The highest BCUT2D eigenvalue weighted by molar-refractivity contribution is 7.76. The molecule has 1 atom stereocenters. The first-order valence-electron chi connectivity index (χ1n) is 4.35. The molecule has 0 spiro atoms. The molecule has 0 saturated heterocycles. The Morgan fingerprint density at radius 3 is 2.21 bits per heavy atom. The van der Waals surface area contributed by atoms with E-state index in [0.717, 1.165) is 5.75 Å². The molecule has 4 heteroatoms. The third-order valence-corrected chi connectivity index (χ3v) is 2.73. The van der Waals surface area contributed by atoms with E-state index >= 15 is 0 Å². The highest BCUT2D eigenvalue weighted by atomic mass is 35.7. The van der Waals surface area contributed by atoms with Crippen molar-refractivity contribution in [1.29, 1.82) is 0 Å². The molecular formula is C10H14ClO2P. The van der Waals surface area contributed by atoms with Gasteiger partial charge in [-0.15, -0.1) is 0 Å². The van der Waals surface area contributed by atoms with E-state index in [-0.39, 0.29) is 5.60 Å². The van der Waals surface area contributed by atoms with Gasteiger partial charge in [0.15, 0.2) is 0 Å². The van der Waals surface area contributed by atoms with Gasteiger partial charge in [0.05, 0.1) is 5.60 Å². The highest BCUT2D eigenvalue weighted by Gasteiger charge is 2.19. The summed E-state index contributed by atoms with van der Waals surface area (Å²) in [5.74, 6) is 0.734. The molecule has 0 saturated carbocycles. The molecule has 1 aromatic carbocycles. The quantitative estimate of drug-likeness (QED) is 0.722. The van der Waals surface area contributed by atoms with Gasteiger partial charge >= 0.3 is 7.73 Å². The van der Waals surface area contributed by atoms with Gasteiger partial charge in [0.25, 0.3) is 0 Å². The monoisotopic (exact) mass is 232 g/mol. The molecule has 2 nitrogen and oxygen atoms in total. The van der Waals surface area contributed by atoms with Crippen molar-refractivity contribution < 1.29 is 9.05 Å². The Balaban J connectivity index is 2.46. The molecule has 1 aromatic rings. The fraction of sp³-hybridized carbons (Fsp3) is 0.400. The number of halogens is 1. The number of benzene rings is 1. The predicted octanol–water partition coefficient (Wildman–Crippen LogP) is 4.35.